The number of nitrogens with zero attached hydrogens (tertiary/aromatic N) is 2. The Morgan fingerprint density at radius 2 is 2.09 bits per heavy atom. The van der Waals surface area contributed by atoms with E-state index in [0.29, 0.717) is 19.4 Å². The molecule has 1 amide bonds. The van der Waals surface area contributed by atoms with Crippen LogP contribution < -0.4 is 4.90 Å². The van der Waals surface area contributed by atoms with E-state index in [0.717, 1.165) is 16.8 Å². The van der Waals surface area contributed by atoms with Crippen LogP contribution in [0.5, 0.6) is 0 Å². The zero-order chi connectivity index (χ0) is 15.8. The lowest BCUT2D eigenvalue weighted by Crippen LogP contribution is -2.30. The summed E-state index contributed by atoms with van der Waals surface area (Å²) in [4.78, 5) is 18.3. The number of hydrogen-bond acceptors (Lipinski definition) is 2. The number of aromatic nitrogens is 1. The SMILES string of the molecule is C#Cc1cccc(N(Cc2ccncc2)C(=O)CCC=C)c1. The lowest BCUT2D eigenvalue weighted by molar-refractivity contribution is -0.118. The van der Waals surface area contributed by atoms with Crippen LogP contribution in [0.25, 0.3) is 0 Å². The number of benzene rings is 1. The smallest absolute Gasteiger partial charge is 0.227 e. The van der Waals surface area contributed by atoms with Gasteiger partial charge in [0.15, 0.2) is 0 Å². The highest BCUT2D eigenvalue weighted by Crippen LogP contribution is 2.20. The van der Waals surface area contributed by atoms with Crippen LogP contribution in [0.4, 0.5) is 5.69 Å². The summed E-state index contributed by atoms with van der Waals surface area (Å²) < 4.78 is 0. The van der Waals surface area contributed by atoms with E-state index in [4.69, 9.17) is 6.42 Å². The number of terminal acetylenes is 1. The molecule has 0 radical (unpaired) electrons. The molecule has 0 unspecified atom stereocenters. The van der Waals surface area contributed by atoms with Crippen molar-refractivity contribution in [1.29, 1.82) is 0 Å². The molecule has 2 rings (SSSR count). The van der Waals surface area contributed by atoms with E-state index in [9.17, 15) is 4.79 Å². The van der Waals surface area contributed by atoms with Gasteiger partial charge >= 0.3 is 0 Å². The Kier molecular flexibility index (Phi) is 5.50. The molecule has 0 aliphatic heterocycles. The van der Waals surface area contributed by atoms with Crippen molar-refractivity contribution in [3.8, 4) is 12.3 Å². The quantitative estimate of drug-likeness (QED) is 0.602. The van der Waals surface area contributed by atoms with Crippen molar-refractivity contribution < 1.29 is 4.79 Å². The second-order valence-electron chi connectivity index (χ2n) is 4.86. The van der Waals surface area contributed by atoms with Crippen molar-refractivity contribution in [2.75, 3.05) is 4.90 Å². The number of rotatable bonds is 6. The molecule has 2 aromatic rings. The van der Waals surface area contributed by atoms with Gasteiger partial charge in [-0.05, 0) is 42.3 Å². The molecule has 1 heterocycles. The Balaban J connectivity index is 2.30. The predicted molar refractivity (Wildman–Crippen MR) is 89.2 cm³/mol. The van der Waals surface area contributed by atoms with E-state index in [-0.39, 0.29) is 5.91 Å². The van der Waals surface area contributed by atoms with Gasteiger partial charge in [-0.25, -0.2) is 0 Å². The maximum atomic E-state index is 12.5. The second-order valence-corrected chi connectivity index (χ2v) is 4.86. The minimum absolute atomic E-state index is 0.0471. The maximum absolute atomic E-state index is 12.5. The summed E-state index contributed by atoms with van der Waals surface area (Å²) in [5, 5.41) is 0. The van der Waals surface area contributed by atoms with Crippen LogP contribution in [0.3, 0.4) is 0 Å². The summed E-state index contributed by atoms with van der Waals surface area (Å²) in [5.74, 6) is 2.65. The maximum Gasteiger partial charge on any atom is 0.227 e. The fourth-order valence-corrected chi connectivity index (χ4v) is 2.12. The van der Waals surface area contributed by atoms with Gasteiger partial charge in [0, 0.05) is 30.1 Å². The highest BCUT2D eigenvalue weighted by atomic mass is 16.2. The van der Waals surface area contributed by atoms with Crippen molar-refractivity contribution >= 4 is 11.6 Å². The lowest BCUT2D eigenvalue weighted by Gasteiger charge is -2.23. The van der Waals surface area contributed by atoms with Crippen molar-refractivity contribution in [1.82, 2.24) is 4.98 Å². The summed E-state index contributed by atoms with van der Waals surface area (Å²) in [6.45, 7) is 4.16. The molecular weight excluding hydrogens is 272 g/mol. The number of carbonyl (C=O) groups excluding carboxylic acids is 1. The Morgan fingerprint density at radius 3 is 2.77 bits per heavy atom. The highest BCUT2D eigenvalue weighted by molar-refractivity contribution is 5.93. The van der Waals surface area contributed by atoms with Gasteiger partial charge in [0.25, 0.3) is 0 Å². The van der Waals surface area contributed by atoms with Gasteiger partial charge < -0.3 is 4.90 Å². The fraction of sp³-hybridized carbons (Fsp3) is 0.158. The van der Waals surface area contributed by atoms with E-state index in [1.165, 1.54) is 0 Å². The summed E-state index contributed by atoms with van der Waals surface area (Å²) >= 11 is 0. The van der Waals surface area contributed by atoms with Gasteiger partial charge in [0.2, 0.25) is 5.91 Å². The van der Waals surface area contributed by atoms with E-state index >= 15 is 0 Å². The van der Waals surface area contributed by atoms with Gasteiger partial charge in [-0.3, -0.25) is 9.78 Å². The molecule has 0 N–H and O–H groups in total. The minimum Gasteiger partial charge on any atom is -0.308 e. The zero-order valence-corrected chi connectivity index (χ0v) is 12.4. The average Bonchev–Trinajstić information content (AvgIpc) is 2.58. The molecule has 0 fully saturated rings. The van der Waals surface area contributed by atoms with Crippen LogP contribution in [-0.4, -0.2) is 10.9 Å². The number of carbonyl (C=O) groups is 1. The molecule has 22 heavy (non-hydrogen) atoms. The first kappa shape index (κ1) is 15.5. The topological polar surface area (TPSA) is 33.2 Å². The molecule has 0 spiro atoms. The van der Waals surface area contributed by atoms with Gasteiger partial charge in [0.1, 0.15) is 0 Å². The van der Waals surface area contributed by atoms with Crippen LogP contribution >= 0.6 is 0 Å². The van der Waals surface area contributed by atoms with Gasteiger partial charge in [-0.1, -0.05) is 18.1 Å². The molecule has 3 nitrogen and oxygen atoms in total. The normalized spacial score (nSPS) is 9.77. The van der Waals surface area contributed by atoms with Crippen molar-refractivity contribution in [3.05, 3.63) is 72.6 Å². The van der Waals surface area contributed by atoms with E-state index in [1.54, 1.807) is 23.4 Å². The van der Waals surface area contributed by atoms with Crippen LogP contribution in [-0.2, 0) is 11.3 Å². The van der Waals surface area contributed by atoms with Gasteiger partial charge in [-0.2, -0.15) is 0 Å². The number of amides is 1. The van der Waals surface area contributed by atoms with E-state index < -0.39 is 0 Å². The second kappa shape index (κ2) is 7.80. The Bertz CT molecular complexity index is 686. The monoisotopic (exact) mass is 290 g/mol. The first-order valence-corrected chi connectivity index (χ1v) is 7.11. The molecule has 1 aromatic carbocycles. The first-order valence-electron chi connectivity index (χ1n) is 7.11. The zero-order valence-electron chi connectivity index (χ0n) is 12.4. The standard InChI is InChI=1S/C19H18N2O/c1-3-5-9-19(22)21(15-17-10-12-20-13-11-17)18-8-6-7-16(4-2)14-18/h2-3,6-8,10-14H,1,5,9,15H2. The molecule has 0 aliphatic carbocycles. The summed E-state index contributed by atoms with van der Waals surface area (Å²) in [6.07, 6.45) is 11.7. The summed E-state index contributed by atoms with van der Waals surface area (Å²) in [5.41, 5.74) is 2.59. The third-order valence-corrected chi connectivity index (χ3v) is 3.28. The van der Waals surface area contributed by atoms with E-state index in [2.05, 4.69) is 17.5 Å². The molecule has 3 heteroatoms. The average molecular weight is 290 g/mol. The van der Waals surface area contributed by atoms with Crippen LogP contribution in [0, 0.1) is 12.3 Å². The van der Waals surface area contributed by atoms with Crippen molar-refractivity contribution in [2.24, 2.45) is 0 Å². The van der Waals surface area contributed by atoms with Crippen molar-refractivity contribution in [3.63, 3.8) is 0 Å². The molecular formula is C19H18N2O. The van der Waals surface area contributed by atoms with Crippen LogP contribution in [0.2, 0.25) is 0 Å². The fourth-order valence-electron chi connectivity index (χ4n) is 2.12. The lowest BCUT2D eigenvalue weighted by atomic mass is 10.1. The Labute approximate surface area is 131 Å². The summed E-state index contributed by atoms with van der Waals surface area (Å²) in [6, 6.07) is 11.3. The first-order chi connectivity index (χ1) is 10.7. The minimum atomic E-state index is 0.0471. The Morgan fingerprint density at radius 1 is 1.32 bits per heavy atom. The molecule has 110 valence electrons. The summed E-state index contributed by atoms with van der Waals surface area (Å²) in [7, 11) is 0. The van der Waals surface area contributed by atoms with Crippen molar-refractivity contribution in [2.45, 2.75) is 19.4 Å². The number of pyridine rings is 1. The largest absolute Gasteiger partial charge is 0.308 e. The number of allylic oxidation sites excluding steroid dienone is 1. The van der Waals surface area contributed by atoms with Gasteiger partial charge in [-0.15, -0.1) is 13.0 Å². The van der Waals surface area contributed by atoms with Gasteiger partial charge in [0.05, 0.1) is 6.54 Å². The molecule has 0 saturated heterocycles. The molecule has 1 aromatic heterocycles. The highest BCUT2D eigenvalue weighted by Gasteiger charge is 2.15. The molecule has 0 saturated carbocycles. The molecule has 0 atom stereocenters. The Hall–Kier alpha value is -2.86. The third-order valence-electron chi connectivity index (χ3n) is 3.28. The third kappa shape index (κ3) is 4.07. The van der Waals surface area contributed by atoms with E-state index in [1.807, 2.05) is 36.4 Å². The molecule has 0 bridgehead atoms. The van der Waals surface area contributed by atoms with Crippen LogP contribution in [0.1, 0.15) is 24.0 Å². The number of hydrogen-bond donors (Lipinski definition) is 0. The molecule has 0 aliphatic rings. The number of anilines is 1. The van der Waals surface area contributed by atoms with Crippen LogP contribution in [0.15, 0.2) is 61.4 Å². The predicted octanol–water partition coefficient (Wildman–Crippen LogP) is 3.56.